The van der Waals surface area contributed by atoms with Gasteiger partial charge in [-0.3, -0.25) is 4.90 Å². The van der Waals surface area contributed by atoms with Gasteiger partial charge in [-0.1, -0.05) is 13.8 Å². The summed E-state index contributed by atoms with van der Waals surface area (Å²) in [5, 5.41) is 0.853. The van der Waals surface area contributed by atoms with Crippen molar-refractivity contribution < 1.29 is 8.81 Å². The van der Waals surface area contributed by atoms with E-state index in [1.54, 1.807) is 29.7 Å². The number of thiophene rings is 1. The third-order valence-electron chi connectivity index (χ3n) is 3.81. The highest BCUT2D eigenvalue weighted by atomic mass is 32.1. The highest BCUT2D eigenvalue weighted by Gasteiger charge is 2.22. The second-order valence-electron chi connectivity index (χ2n) is 5.46. The van der Waals surface area contributed by atoms with Gasteiger partial charge in [-0.25, -0.2) is 14.4 Å². The Labute approximate surface area is 144 Å². The Kier molecular flexibility index (Phi) is 5.11. The molecule has 7 heteroatoms. The van der Waals surface area contributed by atoms with Crippen molar-refractivity contribution >= 4 is 27.4 Å². The highest BCUT2D eigenvalue weighted by Crippen LogP contribution is 2.31. The molecular weight excluding hydrogens is 327 g/mol. The molecule has 0 spiro atoms. The van der Waals surface area contributed by atoms with Gasteiger partial charge in [0.2, 0.25) is 0 Å². The SMILES string of the molecule is CC.Nc1nc(-c2ccco2)nc2sc(CN3CCC(F)C3)cc12. The molecule has 0 bridgehead atoms. The minimum Gasteiger partial charge on any atom is -0.461 e. The first kappa shape index (κ1) is 16.9. The molecule has 24 heavy (non-hydrogen) atoms. The molecule has 3 aromatic heterocycles. The zero-order valence-electron chi connectivity index (χ0n) is 13.8. The Balaban J connectivity index is 0.000000815. The zero-order chi connectivity index (χ0) is 17.1. The van der Waals surface area contributed by atoms with E-state index in [2.05, 4.69) is 14.9 Å². The Morgan fingerprint density at radius 2 is 2.25 bits per heavy atom. The van der Waals surface area contributed by atoms with Gasteiger partial charge >= 0.3 is 0 Å². The molecule has 0 radical (unpaired) electrons. The van der Waals surface area contributed by atoms with Crippen LogP contribution in [0.25, 0.3) is 21.8 Å². The fourth-order valence-electron chi connectivity index (χ4n) is 2.74. The fraction of sp³-hybridized carbons (Fsp3) is 0.412. The summed E-state index contributed by atoms with van der Waals surface area (Å²) in [6, 6.07) is 5.60. The number of aromatic nitrogens is 2. The first-order chi connectivity index (χ1) is 11.7. The Bertz CT molecular complexity index is 802. The first-order valence-corrected chi connectivity index (χ1v) is 8.97. The molecule has 4 heterocycles. The van der Waals surface area contributed by atoms with Gasteiger partial charge in [0.05, 0.1) is 11.6 Å². The van der Waals surface area contributed by atoms with E-state index in [9.17, 15) is 4.39 Å². The molecule has 1 saturated heterocycles. The Morgan fingerprint density at radius 1 is 1.42 bits per heavy atom. The number of nitrogens with zero attached hydrogens (tertiary/aromatic N) is 3. The molecule has 1 aliphatic rings. The molecule has 1 atom stereocenters. The molecular formula is C17H21FN4OS. The predicted molar refractivity (Wildman–Crippen MR) is 95.7 cm³/mol. The average molecular weight is 348 g/mol. The maximum absolute atomic E-state index is 13.3. The van der Waals surface area contributed by atoms with Crippen LogP contribution in [0.5, 0.6) is 0 Å². The standard InChI is InChI=1S/C15H15FN4OS.C2H6/c16-9-3-4-20(7-9)8-10-6-11-13(17)18-14(19-15(11)22-10)12-2-1-5-21-12;1-2/h1-2,5-6,9H,3-4,7-8H2,(H2,17,18,19);1-2H3. The van der Waals surface area contributed by atoms with Crippen LogP contribution in [0.4, 0.5) is 10.2 Å². The second kappa shape index (κ2) is 7.27. The number of fused-ring (bicyclic) bond motifs is 1. The largest absolute Gasteiger partial charge is 0.461 e. The summed E-state index contributed by atoms with van der Waals surface area (Å²) in [6.07, 6.45) is 1.50. The summed E-state index contributed by atoms with van der Waals surface area (Å²) < 4.78 is 18.6. The number of halogens is 1. The molecule has 0 saturated carbocycles. The summed E-state index contributed by atoms with van der Waals surface area (Å²) in [7, 11) is 0. The molecule has 0 amide bonds. The smallest absolute Gasteiger partial charge is 0.199 e. The summed E-state index contributed by atoms with van der Waals surface area (Å²) in [5.41, 5.74) is 6.05. The van der Waals surface area contributed by atoms with Gasteiger partial charge in [0.15, 0.2) is 11.6 Å². The number of hydrogen-bond acceptors (Lipinski definition) is 6. The van der Waals surface area contributed by atoms with Crippen LogP contribution in [-0.4, -0.2) is 34.1 Å². The Morgan fingerprint density at radius 3 is 2.92 bits per heavy atom. The van der Waals surface area contributed by atoms with Crippen molar-refractivity contribution in [2.24, 2.45) is 0 Å². The summed E-state index contributed by atoms with van der Waals surface area (Å²) >= 11 is 1.57. The lowest BCUT2D eigenvalue weighted by atomic mass is 10.3. The molecule has 0 aromatic carbocycles. The minimum atomic E-state index is -0.704. The van der Waals surface area contributed by atoms with E-state index >= 15 is 0 Å². The fourth-order valence-corrected chi connectivity index (χ4v) is 3.81. The molecule has 0 aliphatic carbocycles. The maximum atomic E-state index is 13.3. The van der Waals surface area contributed by atoms with E-state index in [0.717, 1.165) is 28.2 Å². The van der Waals surface area contributed by atoms with Gasteiger partial charge in [0.25, 0.3) is 0 Å². The average Bonchev–Trinajstić information content (AvgIpc) is 3.30. The normalized spacial score (nSPS) is 17.9. The van der Waals surface area contributed by atoms with Crippen LogP contribution in [0.2, 0.25) is 0 Å². The van der Waals surface area contributed by atoms with Crippen molar-refractivity contribution in [1.29, 1.82) is 0 Å². The summed E-state index contributed by atoms with van der Waals surface area (Å²) in [4.78, 5) is 12.9. The van der Waals surface area contributed by atoms with Crippen LogP contribution in [0.3, 0.4) is 0 Å². The second-order valence-corrected chi connectivity index (χ2v) is 6.58. The summed E-state index contributed by atoms with van der Waals surface area (Å²) in [6.45, 7) is 6.04. The molecule has 5 nitrogen and oxygen atoms in total. The van der Waals surface area contributed by atoms with E-state index in [-0.39, 0.29) is 0 Å². The van der Waals surface area contributed by atoms with Crippen LogP contribution in [0, 0.1) is 0 Å². The van der Waals surface area contributed by atoms with Crippen molar-refractivity contribution in [3.8, 4) is 11.6 Å². The zero-order valence-corrected chi connectivity index (χ0v) is 14.6. The molecule has 1 aliphatic heterocycles. The lowest BCUT2D eigenvalue weighted by molar-refractivity contribution is 0.284. The van der Waals surface area contributed by atoms with E-state index in [1.807, 2.05) is 19.9 Å². The molecule has 2 N–H and O–H groups in total. The van der Waals surface area contributed by atoms with E-state index in [4.69, 9.17) is 10.2 Å². The number of rotatable bonds is 3. The van der Waals surface area contributed by atoms with E-state index in [1.165, 1.54) is 0 Å². The minimum absolute atomic E-state index is 0.448. The first-order valence-electron chi connectivity index (χ1n) is 8.15. The van der Waals surface area contributed by atoms with Crippen molar-refractivity contribution in [3.05, 3.63) is 29.3 Å². The third kappa shape index (κ3) is 3.42. The number of anilines is 1. The van der Waals surface area contributed by atoms with Crippen molar-refractivity contribution in [2.45, 2.75) is 33.0 Å². The van der Waals surface area contributed by atoms with Crippen LogP contribution < -0.4 is 5.73 Å². The van der Waals surface area contributed by atoms with Crippen LogP contribution in [0.15, 0.2) is 28.9 Å². The number of nitrogen functional groups attached to an aromatic ring is 1. The van der Waals surface area contributed by atoms with Crippen LogP contribution >= 0.6 is 11.3 Å². The number of likely N-dealkylation sites (tertiary alicyclic amines) is 1. The molecule has 1 fully saturated rings. The van der Waals surface area contributed by atoms with E-state index in [0.29, 0.717) is 30.4 Å². The van der Waals surface area contributed by atoms with Gasteiger partial charge in [-0.15, -0.1) is 11.3 Å². The molecule has 128 valence electrons. The number of furan rings is 1. The maximum Gasteiger partial charge on any atom is 0.199 e. The molecule has 1 unspecified atom stereocenters. The van der Waals surface area contributed by atoms with Crippen molar-refractivity contribution in [3.63, 3.8) is 0 Å². The molecule has 3 aromatic rings. The van der Waals surface area contributed by atoms with Crippen LogP contribution in [-0.2, 0) is 6.54 Å². The number of nitrogens with two attached hydrogens (primary N) is 1. The van der Waals surface area contributed by atoms with Crippen molar-refractivity contribution in [2.75, 3.05) is 18.8 Å². The lowest BCUT2D eigenvalue weighted by Gasteiger charge is -2.12. The number of hydrogen-bond donors (Lipinski definition) is 1. The third-order valence-corrected chi connectivity index (χ3v) is 4.82. The van der Waals surface area contributed by atoms with Gasteiger partial charge in [0, 0.05) is 24.5 Å². The van der Waals surface area contributed by atoms with E-state index < -0.39 is 6.17 Å². The van der Waals surface area contributed by atoms with Crippen LogP contribution in [0.1, 0.15) is 25.1 Å². The van der Waals surface area contributed by atoms with Gasteiger partial charge in [-0.05, 0) is 24.6 Å². The monoisotopic (exact) mass is 348 g/mol. The van der Waals surface area contributed by atoms with Crippen molar-refractivity contribution in [1.82, 2.24) is 14.9 Å². The highest BCUT2D eigenvalue weighted by molar-refractivity contribution is 7.18. The van der Waals surface area contributed by atoms with Gasteiger partial charge in [0.1, 0.15) is 16.8 Å². The number of alkyl halides is 1. The molecule has 4 rings (SSSR count). The Hall–Kier alpha value is -1.99. The lowest BCUT2D eigenvalue weighted by Crippen LogP contribution is -2.19. The topological polar surface area (TPSA) is 68.2 Å². The predicted octanol–water partition coefficient (Wildman–Crippen LogP) is 4.10. The quantitative estimate of drug-likeness (QED) is 0.772. The summed E-state index contributed by atoms with van der Waals surface area (Å²) in [5.74, 6) is 1.54. The van der Waals surface area contributed by atoms with Gasteiger partial charge in [-0.2, -0.15) is 0 Å². The van der Waals surface area contributed by atoms with Gasteiger partial charge < -0.3 is 10.2 Å².